The summed E-state index contributed by atoms with van der Waals surface area (Å²) in [7, 11) is -1.06. The van der Waals surface area contributed by atoms with Gasteiger partial charge < -0.3 is 4.90 Å². The molecule has 1 saturated heterocycles. The van der Waals surface area contributed by atoms with E-state index in [1.807, 2.05) is 0 Å². The van der Waals surface area contributed by atoms with E-state index in [0.29, 0.717) is 0 Å². The number of allylic oxidation sites excluding steroid dienone is 1. The molecule has 1 nitrogen and oxygen atoms in total. The molecule has 2 rings (SSSR count). The van der Waals surface area contributed by atoms with Crippen LogP contribution in [0.3, 0.4) is 0 Å². The van der Waals surface area contributed by atoms with Crippen molar-refractivity contribution in [3.05, 3.63) is 41.6 Å². The zero-order valence-electron chi connectivity index (χ0n) is 12.7. The van der Waals surface area contributed by atoms with Gasteiger partial charge in [-0.25, -0.2) is 0 Å². The third kappa shape index (κ3) is 4.54. The number of rotatable bonds is 4. The van der Waals surface area contributed by atoms with Crippen molar-refractivity contribution in [1.29, 1.82) is 0 Å². The summed E-state index contributed by atoms with van der Waals surface area (Å²) in [5.41, 5.74) is 5.40. The maximum atomic E-state index is 2.57. The van der Waals surface area contributed by atoms with Gasteiger partial charge in [0.05, 0.1) is 8.07 Å². The summed E-state index contributed by atoms with van der Waals surface area (Å²) in [5.74, 6) is 0. The van der Waals surface area contributed by atoms with Crippen LogP contribution in [0.5, 0.6) is 0 Å². The van der Waals surface area contributed by atoms with Crippen molar-refractivity contribution in [2.75, 3.05) is 18.0 Å². The van der Waals surface area contributed by atoms with Crippen LogP contribution in [0.25, 0.3) is 0 Å². The van der Waals surface area contributed by atoms with Gasteiger partial charge in [-0.3, -0.25) is 0 Å². The molecular weight excluding hydrogens is 246 g/mol. The quantitative estimate of drug-likeness (QED) is 0.722. The molecule has 0 bridgehead atoms. The van der Waals surface area contributed by atoms with Crippen molar-refractivity contribution in [1.82, 2.24) is 0 Å². The lowest BCUT2D eigenvalue weighted by molar-refractivity contribution is 0.577. The smallest absolute Gasteiger partial charge is 0.0683 e. The van der Waals surface area contributed by atoms with Gasteiger partial charge in [0, 0.05) is 18.8 Å². The maximum absolute atomic E-state index is 2.57. The predicted molar refractivity (Wildman–Crippen MR) is 88.7 cm³/mol. The van der Waals surface area contributed by atoms with Crippen molar-refractivity contribution < 1.29 is 0 Å². The molecule has 0 unspecified atom stereocenters. The van der Waals surface area contributed by atoms with Crippen LogP contribution >= 0.6 is 0 Å². The van der Waals surface area contributed by atoms with Crippen LogP contribution in [0.4, 0.5) is 5.69 Å². The van der Waals surface area contributed by atoms with E-state index in [2.05, 4.69) is 60.6 Å². The molecule has 2 heteroatoms. The molecule has 0 atom stereocenters. The molecule has 0 spiro atoms. The van der Waals surface area contributed by atoms with Crippen LogP contribution in [0.1, 0.15) is 24.8 Å². The summed E-state index contributed by atoms with van der Waals surface area (Å²) in [6.07, 6.45) is 7.55. The monoisotopic (exact) mass is 273 g/mol. The van der Waals surface area contributed by atoms with Gasteiger partial charge in [-0.2, -0.15) is 0 Å². The highest BCUT2D eigenvalue weighted by Gasteiger charge is 2.13. The van der Waals surface area contributed by atoms with Crippen LogP contribution < -0.4 is 4.90 Å². The minimum atomic E-state index is -1.06. The summed E-state index contributed by atoms with van der Waals surface area (Å²) in [5, 5.41) is 0. The number of nitrogens with zero attached hydrogens (tertiary/aromatic N) is 1. The van der Waals surface area contributed by atoms with E-state index < -0.39 is 8.07 Å². The van der Waals surface area contributed by atoms with Gasteiger partial charge in [-0.05, 0) is 37.3 Å². The number of para-hydroxylation sites is 1. The summed E-state index contributed by atoms with van der Waals surface area (Å²) in [4.78, 5) is 2.57. The van der Waals surface area contributed by atoms with Crippen LogP contribution in [0.2, 0.25) is 19.6 Å². The zero-order valence-corrected chi connectivity index (χ0v) is 13.7. The van der Waals surface area contributed by atoms with E-state index >= 15 is 0 Å². The van der Waals surface area contributed by atoms with Gasteiger partial charge >= 0.3 is 0 Å². The topological polar surface area (TPSA) is 3.24 Å². The fourth-order valence-corrected chi connectivity index (χ4v) is 3.49. The highest BCUT2D eigenvalue weighted by Crippen LogP contribution is 2.24. The van der Waals surface area contributed by atoms with Crippen molar-refractivity contribution in [2.24, 2.45) is 0 Å². The molecule has 19 heavy (non-hydrogen) atoms. The van der Waals surface area contributed by atoms with E-state index in [4.69, 9.17) is 0 Å². The Kier molecular flexibility index (Phi) is 4.86. The SMILES string of the molecule is C[Si](C)(C)/C=C/Cc1ccccc1N1CCCCC1. The molecule has 0 aliphatic carbocycles. The van der Waals surface area contributed by atoms with Gasteiger partial charge in [-0.15, -0.1) is 0 Å². The number of hydrogen-bond donors (Lipinski definition) is 0. The second-order valence-corrected chi connectivity index (χ2v) is 11.7. The second kappa shape index (κ2) is 6.42. The van der Waals surface area contributed by atoms with Crippen molar-refractivity contribution in [3.8, 4) is 0 Å². The number of hydrogen-bond acceptors (Lipinski definition) is 1. The van der Waals surface area contributed by atoms with E-state index in [-0.39, 0.29) is 0 Å². The fourth-order valence-electron chi connectivity index (χ4n) is 2.67. The van der Waals surface area contributed by atoms with Crippen LogP contribution in [-0.4, -0.2) is 21.2 Å². The van der Waals surface area contributed by atoms with Gasteiger partial charge in [-0.1, -0.05) is 49.6 Å². The molecule has 1 aromatic carbocycles. The molecule has 0 N–H and O–H groups in total. The van der Waals surface area contributed by atoms with E-state index in [1.165, 1.54) is 43.6 Å². The Morgan fingerprint density at radius 3 is 2.42 bits per heavy atom. The van der Waals surface area contributed by atoms with Crippen LogP contribution in [-0.2, 0) is 6.42 Å². The minimum Gasteiger partial charge on any atom is -0.371 e. The lowest BCUT2D eigenvalue weighted by Gasteiger charge is -2.30. The van der Waals surface area contributed by atoms with Crippen molar-refractivity contribution >= 4 is 13.8 Å². The molecule has 1 fully saturated rings. The summed E-state index contributed by atoms with van der Waals surface area (Å²) < 4.78 is 0. The Hall–Kier alpha value is -1.02. The maximum Gasteiger partial charge on any atom is 0.0683 e. The van der Waals surface area contributed by atoms with Crippen LogP contribution in [0, 0.1) is 0 Å². The number of piperidine rings is 1. The standard InChI is InChI=1S/C17H27NSi/c1-19(2,3)15-9-11-16-10-5-6-12-17(16)18-13-7-4-8-14-18/h5-6,9-10,12,15H,4,7-8,11,13-14H2,1-3H3/b15-9+. The molecule has 1 aliphatic heterocycles. The third-order valence-corrected chi connectivity index (χ3v) is 4.88. The Morgan fingerprint density at radius 1 is 1.05 bits per heavy atom. The first-order chi connectivity index (χ1) is 9.06. The lowest BCUT2D eigenvalue weighted by atomic mass is 10.1. The highest BCUT2D eigenvalue weighted by atomic mass is 28.3. The molecule has 0 radical (unpaired) electrons. The fraction of sp³-hybridized carbons (Fsp3) is 0.529. The first kappa shape index (κ1) is 14.4. The lowest BCUT2D eigenvalue weighted by Crippen LogP contribution is -2.30. The Balaban J connectivity index is 2.09. The van der Waals surface area contributed by atoms with Gasteiger partial charge in [0.1, 0.15) is 0 Å². The average Bonchev–Trinajstić information content (AvgIpc) is 2.39. The summed E-state index contributed by atoms with van der Waals surface area (Å²) in [6.45, 7) is 9.63. The molecule has 1 aromatic rings. The van der Waals surface area contributed by atoms with Gasteiger partial charge in [0.2, 0.25) is 0 Å². The minimum absolute atomic E-state index is 1.06. The van der Waals surface area contributed by atoms with Crippen LogP contribution in [0.15, 0.2) is 36.0 Å². The largest absolute Gasteiger partial charge is 0.371 e. The van der Waals surface area contributed by atoms with E-state index in [9.17, 15) is 0 Å². The van der Waals surface area contributed by atoms with Crippen molar-refractivity contribution in [2.45, 2.75) is 45.3 Å². The molecule has 1 aliphatic rings. The zero-order chi connectivity index (χ0) is 13.7. The Labute approximate surface area is 119 Å². The normalized spacial score (nSPS) is 17.1. The third-order valence-electron chi connectivity index (χ3n) is 3.64. The van der Waals surface area contributed by atoms with Gasteiger partial charge in [0.15, 0.2) is 0 Å². The number of anilines is 1. The van der Waals surface area contributed by atoms with E-state index in [1.54, 1.807) is 0 Å². The second-order valence-electron chi connectivity index (χ2n) is 6.65. The molecule has 0 saturated carbocycles. The average molecular weight is 273 g/mol. The molecule has 1 heterocycles. The molecule has 104 valence electrons. The molecular formula is C17H27NSi. The first-order valence-electron chi connectivity index (χ1n) is 7.57. The predicted octanol–water partition coefficient (Wildman–Crippen LogP) is 4.65. The molecule has 0 amide bonds. The van der Waals surface area contributed by atoms with E-state index in [0.717, 1.165) is 6.42 Å². The van der Waals surface area contributed by atoms with Crippen molar-refractivity contribution in [3.63, 3.8) is 0 Å². The highest BCUT2D eigenvalue weighted by molar-refractivity contribution is 6.80. The number of benzene rings is 1. The summed E-state index contributed by atoms with van der Waals surface area (Å²) >= 11 is 0. The first-order valence-corrected chi connectivity index (χ1v) is 11.1. The molecule has 0 aromatic heterocycles. The summed E-state index contributed by atoms with van der Waals surface area (Å²) in [6, 6.07) is 8.93. The Bertz CT molecular complexity index is 425. The Morgan fingerprint density at radius 2 is 1.74 bits per heavy atom. The van der Waals surface area contributed by atoms with Gasteiger partial charge in [0.25, 0.3) is 0 Å².